The number of halogens is 1. The van der Waals surface area contributed by atoms with Crippen LogP contribution in [0.25, 0.3) is 0 Å². The normalized spacial score (nSPS) is 13.2. The standard InChI is InChI=1S/C23H30FN3O5/c1-5-14(4)32-23(28)21(26-16-10-8-15(9-11-16)22(25)27-29)18-12-17(30-6-2)13-19(20(18)24)31-7-3/h8-14,21,26,29H,5-7H2,1-4H3,(H2,25,27). The zero-order valence-corrected chi connectivity index (χ0v) is 18.7. The molecule has 0 saturated carbocycles. The molecule has 0 radical (unpaired) electrons. The molecular weight excluding hydrogens is 417 g/mol. The molecule has 32 heavy (non-hydrogen) atoms. The van der Waals surface area contributed by atoms with Gasteiger partial charge in [0.15, 0.2) is 23.4 Å². The van der Waals surface area contributed by atoms with E-state index in [0.717, 1.165) is 0 Å². The summed E-state index contributed by atoms with van der Waals surface area (Å²) in [7, 11) is 0. The fourth-order valence-corrected chi connectivity index (χ4v) is 2.89. The first-order valence-corrected chi connectivity index (χ1v) is 10.5. The molecule has 0 aromatic heterocycles. The minimum absolute atomic E-state index is 0.0149. The number of hydrogen-bond donors (Lipinski definition) is 3. The summed E-state index contributed by atoms with van der Waals surface area (Å²) < 4.78 is 31.8. The number of nitrogens with zero attached hydrogens (tertiary/aromatic N) is 1. The number of anilines is 1. The van der Waals surface area contributed by atoms with E-state index >= 15 is 4.39 Å². The van der Waals surface area contributed by atoms with E-state index in [4.69, 9.17) is 25.2 Å². The van der Waals surface area contributed by atoms with E-state index in [1.807, 2.05) is 6.92 Å². The van der Waals surface area contributed by atoms with Crippen molar-refractivity contribution >= 4 is 17.5 Å². The van der Waals surface area contributed by atoms with Gasteiger partial charge in [-0.25, -0.2) is 9.18 Å². The zero-order valence-electron chi connectivity index (χ0n) is 18.7. The van der Waals surface area contributed by atoms with Crippen molar-refractivity contribution in [1.82, 2.24) is 0 Å². The Morgan fingerprint density at radius 2 is 1.81 bits per heavy atom. The van der Waals surface area contributed by atoms with Crippen LogP contribution >= 0.6 is 0 Å². The van der Waals surface area contributed by atoms with Crippen LogP contribution in [0.5, 0.6) is 11.5 Å². The van der Waals surface area contributed by atoms with Crippen LogP contribution in [-0.2, 0) is 9.53 Å². The second-order valence-electron chi connectivity index (χ2n) is 6.99. The predicted octanol–water partition coefficient (Wildman–Crippen LogP) is 4.21. The van der Waals surface area contributed by atoms with E-state index in [-0.39, 0.29) is 29.9 Å². The maximum absolute atomic E-state index is 15.3. The minimum atomic E-state index is -1.17. The van der Waals surface area contributed by atoms with Gasteiger partial charge in [0, 0.05) is 22.9 Å². The first-order valence-electron chi connectivity index (χ1n) is 10.5. The summed E-state index contributed by atoms with van der Waals surface area (Å²) in [6.45, 7) is 7.80. The molecule has 0 spiro atoms. The van der Waals surface area contributed by atoms with Gasteiger partial charge in [0.25, 0.3) is 0 Å². The third-order valence-corrected chi connectivity index (χ3v) is 4.69. The number of benzene rings is 2. The molecule has 0 heterocycles. The number of hydrogen-bond acceptors (Lipinski definition) is 7. The molecule has 174 valence electrons. The van der Waals surface area contributed by atoms with Crippen LogP contribution in [0.1, 0.15) is 51.3 Å². The highest BCUT2D eigenvalue weighted by molar-refractivity contribution is 5.97. The number of nitrogens with one attached hydrogen (secondary N) is 1. The second kappa shape index (κ2) is 11.8. The maximum Gasteiger partial charge on any atom is 0.333 e. The summed E-state index contributed by atoms with van der Waals surface area (Å²) in [5, 5.41) is 14.8. The summed E-state index contributed by atoms with van der Waals surface area (Å²) >= 11 is 0. The van der Waals surface area contributed by atoms with Crippen LogP contribution < -0.4 is 20.5 Å². The molecule has 0 aliphatic carbocycles. The smallest absolute Gasteiger partial charge is 0.333 e. The van der Waals surface area contributed by atoms with Crippen molar-refractivity contribution < 1.29 is 28.6 Å². The lowest BCUT2D eigenvalue weighted by Gasteiger charge is -2.23. The van der Waals surface area contributed by atoms with Gasteiger partial charge < -0.3 is 30.5 Å². The highest BCUT2D eigenvalue weighted by Gasteiger charge is 2.29. The monoisotopic (exact) mass is 447 g/mol. The molecule has 4 N–H and O–H groups in total. The van der Waals surface area contributed by atoms with Crippen LogP contribution in [-0.4, -0.2) is 36.3 Å². The molecule has 2 aromatic rings. The predicted molar refractivity (Wildman–Crippen MR) is 120 cm³/mol. The van der Waals surface area contributed by atoms with Gasteiger partial charge in [-0.3, -0.25) is 0 Å². The fraction of sp³-hybridized carbons (Fsp3) is 0.391. The number of nitrogens with two attached hydrogens (primary N) is 1. The van der Waals surface area contributed by atoms with Gasteiger partial charge in [-0.1, -0.05) is 12.1 Å². The average molecular weight is 448 g/mol. The zero-order chi connectivity index (χ0) is 23.7. The highest BCUT2D eigenvalue weighted by atomic mass is 19.1. The van der Waals surface area contributed by atoms with Crippen molar-refractivity contribution in [2.75, 3.05) is 18.5 Å². The molecule has 2 aromatic carbocycles. The Bertz CT molecular complexity index is 934. The molecule has 8 nitrogen and oxygen atoms in total. The van der Waals surface area contributed by atoms with Gasteiger partial charge in [-0.15, -0.1) is 0 Å². The summed E-state index contributed by atoms with van der Waals surface area (Å²) in [5.41, 5.74) is 6.62. The third kappa shape index (κ3) is 6.26. The first kappa shape index (κ1) is 24.8. The molecule has 0 amide bonds. The molecule has 0 saturated heterocycles. The molecule has 0 fully saturated rings. The van der Waals surface area contributed by atoms with Crippen molar-refractivity contribution in [3.8, 4) is 11.5 Å². The Hall–Kier alpha value is -3.49. The van der Waals surface area contributed by atoms with E-state index in [9.17, 15) is 4.79 Å². The van der Waals surface area contributed by atoms with Crippen molar-refractivity contribution in [2.24, 2.45) is 10.9 Å². The fourth-order valence-electron chi connectivity index (χ4n) is 2.89. The van der Waals surface area contributed by atoms with Crippen LogP contribution in [0.2, 0.25) is 0 Å². The number of oxime groups is 1. The summed E-state index contributed by atoms with van der Waals surface area (Å²) in [4.78, 5) is 13.0. The number of carbonyl (C=O) groups excluding carboxylic acids is 1. The molecule has 2 atom stereocenters. The van der Waals surface area contributed by atoms with Crippen molar-refractivity contribution in [2.45, 2.75) is 46.3 Å². The van der Waals surface area contributed by atoms with Gasteiger partial charge in [0.05, 0.1) is 19.3 Å². The van der Waals surface area contributed by atoms with E-state index in [1.54, 1.807) is 45.0 Å². The van der Waals surface area contributed by atoms with Gasteiger partial charge in [-0.05, 0) is 57.5 Å². The van der Waals surface area contributed by atoms with Crippen molar-refractivity contribution in [3.05, 3.63) is 53.3 Å². The van der Waals surface area contributed by atoms with Crippen LogP contribution in [0, 0.1) is 5.82 Å². The maximum atomic E-state index is 15.3. The van der Waals surface area contributed by atoms with E-state index < -0.39 is 17.8 Å². The molecule has 0 aliphatic heterocycles. The quantitative estimate of drug-likeness (QED) is 0.155. The molecule has 2 rings (SSSR count). The van der Waals surface area contributed by atoms with E-state index in [1.165, 1.54) is 12.1 Å². The Labute approximate surface area is 187 Å². The summed E-state index contributed by atoms with van der Waals surface area (Å²) in [6, 6.07) is 8.21. The lowest BCUT2D eigenvalue weighted by molar-refractivity contribution is -0.149. The second-order valence-corrected chi connectivity index (χ2v) is 6.99. The molecule has 9 heteroatoms. The molecule has 0 aliphatic rings. The average Bonchev–Trinajstić information content (AvgIpc) is 2.79. The van der Waals surface area contributed by atoms with Gasteiger partial charge in [-0.2, -0.15) is 0 Å². The lowest BCUT2D eigenvalue weighted by Crippen LogP contribution is -2.27. The summed E-state index contributed by atoms with van der Waals surface area (Å²) in [6.07, 6.45) is 0.262. The van der Waals surface area contributed by atoms with E-state index in [0.29, 0.717) is 30.0 Å². The number of carbonyl (C=O) groups is 1. The Balaban J connectivity index is 2.50. The first-order chi connectivity index (χ1) is 15.3. The third-order valence-electron chi connectivity index (χ3n) is 4.69. The number of esters is 1. The molecule has 0 bridgehead atoms. The van der Waals surface area contributed by atoms with Gasteiger partial charge in [0.2, 0.25) is 0 Å². The molecule has 2 unspecified atom stereocenters. The Morgan fingerprint density at radius 3 is 2.38 bits per heavy atom. The topological polar surface area (TPSA) is 115 Å². The Kier molecular flexibility index (Phi) is 9.12. The van der Waals surface area contributed by atoms with Gasteiger partial charge >= 0.3 is 5.97 Å². The summed E-state index contributed by atoms with van der Waals surface area (Å²) in [5.74, 6) is -1.02. The SMILES string of the molecule is CCOc1cc(OCC)c(F)c(C(Nc2ccc(/C(N)=N\O)cc2)C(=O)OC(C)CC)c1. The number of rotatable bonds is 11. The highest BCUT2D eigenvalue weighted by Crippen LogP contribution is 2.34. The lowest BCUT2D eigenvalue weighted by atomic mass is 10.0. The van der Waals surface area contributed by atoms with Crippen LogP contribution in [0.4, 0.5) is 10.1 Å². The van der Waals surface area contributed by atoms with Gasteiger partial charge in [0.1, 0.15) is 5.75 Å². The van der Waals surface area contributed by atoms with Crippen molar-refractivity contribution in [3.63, 3.8) is 0 Å². The largest absolute Gasteiger partial charge is 0.494 e. The molecular formula is C23H30FN3O5. The van der Waals surface area contributed by atoms with Crippen LogP contribution in [0.3, 0.4) is 0 Å². The van der Waals surface area contributed by atoms with Crippen LogP contribution in [0.15, 0.2) is 41.6 Å². The minimum Gasteiger partial charge on any atom is -0.494 e. The Morgan fingerprint density at radius 1 is 1.16 bits per heavy atom. The van der Waals surface area contributed by atoms with E-state index in [2.05, 4.69) is 10.5 Å². The number of amidine groups is 1. The van der Waals surface area contributed by atoms with Crippen molar-refractivity contribution in [1.29, 1.82) is 0 Å². The number of ether oxygens (including phenoxy) is 3.